The molecule has 2 bridgehead atoms. The number of methoxy groups -OCH3 is 1. The summed E-state index contributed by atoms with van der Waals surface area (Å²) >= 11 is 0. The number of hydrogen-bond acceptors (Lipinski definition) is 7. The molecule has 1 aromatic carbocycles. The first-order chi connectivity index (χ1) is 17.5. The Kier molecular flexibility index (Phi) is 6.00. The summed E-state index contributed by atoms with van der Waals surface area (Å²) in [5.74, 6) is 2.79. The summed E-state index contributed by atoms with van der Waals surface area (Å²) in [6, 6.07) is 1.78. The highest BCUT2D eigenvalue weighted by Gasteiger charge is 2.66. The second kappa shape index (κ2) is 8.77. The number of nitrogens with zero attached hydrogens (tertiary/aromatic N) is 1. The molecule has 37 heavy (non-hydrogen) atoms. The van der Waals surface area contributed by atoms with Crippen LogP contribution in [0.2, 0.25) is 0 Å². The van der Waals surface area contributed by atoms with Crippen molar-refractivity contribution < 1.29 is 24.1 Å². The van der Waals surface area contributed by atoms with Crippen LogP contribution >= 0.6 is 0 Å². The lowest BCUT2D eigenvalue weighted by atomic mass is 9.51. The molecule has 2 heterocycles. The van der Waals surface area contributed by atoms with E-state index in [2.05, 4.69) is 24.1 Å². The summed E-state index contributed by atoms with van der Waals surface area (Å²) in [5.41, 5.74) is 1.69. The van der Waals surface area contributed by atoms with E-state index in [1.54, 1.807) is 13.2 Å². The van der Waals surface area contributed by atoms with Gasteiger partial charge >= 0.3 is 5.97 Å². The normalized spacial score (nSPS) is 33.1. The van der Waals surface area contributed by atoms with Gasteiger partial charge < -0.3 is 19.3 Å². The van der Waals surface area contributed by atoms with Gasteiger partial charge in [-0.15, -0.1) is 0 Å². The lowest BCUT2D eigenvalue weighted by Gasteiger charge is -2.60. The fourth-order valence-electron chi connectivity index (χ4n) is 8.02. The van der Waals surface area contributed by atoms with E-state index >= 15 is 0 Å². The highest BCUT2D eigenvalue weighted by molar-refractivity contribution is 5.76. The van der Waals surface area contributed by atoms with E-state index in [-0.39, 0.29) is 35.2 Å². The molecule has 2 saturated carbocycles. The molecule has 0 amide bonds. The maximum Gasteiger partial charge on any atom is 0.323 e. The lowest BCUT2D eigenvalue weighted by molar-refractivity contribution is -0.159. The number of likely N-dealkylation sites (tertiary alicyclic amines) is 1. The monoisotopic (exact) mass is 512 g/mol. The van der Waals surface area contributed by atoms with Crippen LogP contribution in [0.4, 0.5) is 0 Å². The molecule has 1 aromatic rings. The number of ether oxygens (including phenoxy) is 3. The van der Waals surface area contributed by atoms with Crippen LogP contribution in [-0.2, 0) is 21.4 Å². The first-order valence-electron chi connectivity index (χ1n) is 14.4. The Morgan fingerprint density at radius 1 is 1.27 bits per heavy atom. The Hall–Kier alpha value is -1.99. The minimum Gasteiger partial charge on any atom is -0.504 e. The number of rotatable bonds is 7. The van der Waals surface area contributed by atoms with Crippen molar-refractivity contribution in [1.29, 1.82) is 0 Å². The molecule has 0 unspecified atom stereocenters. The van der Waals surface area contributed by atoms with Crippen molar-refractivity contribution in [3.8, 4) is 17.2 Å². The predicted octanol–water partition coefficient (Wildman–Crippen LogP) is 4.17. The lowest BCUT2D eigenvalue weighted by Crippen LogP contribution is -2.69. The number of esters is 1. The van der Waals surface area contributed by atoms with Crippen LogP contribution < -0.4 is 14.8 Å². The van der Waals surface area contributed by atoms with Gasteiger partial charge in [0.1, 0.15) is 23.5 Å². The third kappa shape index (κ3) is 4.03. The molecular weight excluding hydrogens is 468 g/mol. The molecule has 2 N–H and O–H groups in total. The van der Waals surface area contributed by atoms with Crippen molar-refractivity contribution in [3.63, 3.8) is 0 Å². The fourth-order valence-corrected chi connectivity index (χ4v) is 8.02. The number of piperidine rings is 1. The molecule has 6 atom stereocenters. The summed E-state index contributed by atoms with van der Waals surface area (Å²) in [7, 11) is 1.70. The Labute approximate surface area is 221 Å². The number of benzene rings is 1. The molecule has 7 nitrogen and oxygen atoms in total. The van der Waals surface area contributed by atoms with E-state index in [1.807, 2.05) is 20.8 Å². The fraction of sp³-hybridized carbons (Fsp3) is 0.767. The van der Waals surface area contributed by atoms with Gasteiger partial charge in [0.05, 0.1) is 7.11 Å². The van der Waals surface area contributed by atoms with E-state index < -0.39 is 11.6 Å². The van der Waals surface area contributed by atoms with Crippen molar-refractivity contribution >= 4 is 5.97 Å². The second-order valence-corrected chi connectivity index (χ2v) is 13.5. The Morgan fingerprint density at radius 3 is 2.68 bits per heavy atom. The van der Waals surface area contributed by atoms with Crippen LogP contribution in [-0.4, -0.2) is 66.0 Å². The molecular formula is C30H44N2O5. The van der Waals surface area contributed by atoms with Crippen molar-refractivity contribution in [2.75, 3.05) is 20.2 Å². The van der Waals surface area contributed by atoms with Gasteiger partial charge in [-0.05, 0) is 83.6 Å². The zero-order valence-corrected chi connectivity index (χ0v) is 23.3. The Bertz CT molecular complexity index is 1080. The Morgan fingerprint density at radius 2 is 2.03 bits per heavy atom. The molecule has 3 fully saturated rings. The second-order valence-electron chi connectivity index (χ2n) is 13.5. The standard InChI is InChI=1S/C30H44N2O5/c1-16(2)25(28(34)37-29(3,4)5)31-20-10-9-19-21-13-18-23(35-6)14-22(33)26-24(18)30(19,27(20)36-26)11-12-32(21)15-17-7-8-17/h14,16-17,19-21,25,27,31,33H,7-13,15H2,1-6H3/t19-,20+,21+,25+,27-,30-/m0/s1. The first kappa shape index (κ1) is 25.3. The van der Waals surface area contributed by atoms with E-state index in [4.69, 9.17) is 14.2 Å². The van der Waals surface area contributed by atoms with Crippen LogP contribution in [0, 0.1) is 17.8 Å². The third-order valence-corrected chi connectivity index (χ3v) is 9.65. The average molecular weight is 513 g/mol. The highest BCUT2D eigenvalue weighted by Crippen LogP contribution is 2.65. The van der Waals surface area contributed by atoms with Crippen molar-refractivity contribution in [1.82, 2.24) is 10.2 Å². The smallest absolute Gasteiger partial charge is 0.323 e. The molecule has 6 rings (SSSR count). The van der Waals surface area contributed by atoms with Crippen molar-refractivity contribution in [3.05, 3.63) is 17.2 Å². The van der Waals surface area contributed by atoms with E-state index in [1.165, 1.54) is 30.5 Å². The zero-order valence-electron chi connectivity index (χ0n) is 23.3. The molecule has 1 spiro atoms. The van der Waals surface area contributed by atoms with Gasteiger partial charge in [-0.2, -0.15) is 0 Å². The van der Waals surface area contributed by atoms with Gasteiger partial charge in [0.25, 0.3) is 0 Å². The van der Waals surface area contributed by atoms with Crippen LogP contribution in [0.5, 0.6) is 17.2 Å². The van der Waals surface area contributed by atoms with Gasteiger partial charge in [0.15, 0.2) is 11.5 Å². The number of aromatic hydroxyl groups is 1. The van der Waals surface area contributed by atoms with Gasteiger partial charge in [-0.3, -0.25) is 15.0 Å². The van der Waals surface area contributed by atoms with Crippen molar-refractivity contribution in [2.45, 2.75) is 108 Å². The van der Waals surface area contributed by atoms with E-state index in [0.717, 1.165) is 43.9 Å². The highest BCUT2D eigenvalue weighted by atomic mass is 16.6. The number of carbonyl (C=O) groups is 1. The minimum absolute atomic E-state index is 0.00412. The van der Waals surface area contributed by atoms with E-state index in [9.17, 15) is 9.90 Å². The summed E-state index contributed by atoms with van der Waals surface area (Å²) in [6.45, 7) is 12.1. The van der Waals surface area contributed by atoms with Crippen LogP contribution in [0.15, 0.2) is 6.07 Å². The topological polar surface area (TPSA) is 80.3 Å². The van der Waals surface area contributed by atoms with Gasteiger partial charge in [0, 0.05) is 41.2 Å². The van der Waals surface area contributed by atoms with Crippen LogP contribution in [0.25, 0.3) is 0 Å². The average Bonchev–Trinajstić information content (AvgIpc) is 3.57. The number of phenols is 1. The summed E-state index contributed by atoms with van der Waals surface area (Å²) in [5, 5.41) is 14.8. The molecule has 0 aromatic heterocycles. The molecule has 3 aliphatic carbocycles. The number of carbonyl (C=O) groups excluding carboxylic acids is 1. The molecule has 7 heteroatoms. The van der Waals surface area contributed by atoms with Gasteiger partial charge in [-0.25, -0.2) is 0 Å². The van der Waals surface area contributed by atoms with Gasteiger partial charge in [0.2, 0.25) is 0 Å². The molecule has 5 aliphatic rings. The molecule has 0 radical (unpaired) electrons. The van der Waals surface area contributed by atoms with Crippen LogP contribution in [0.1, 0.15) is 77.8 Å². The van der Waals surface area contributed by atoms with Crippen LogP contribution in [0.3, 0.4) is 0 Å². The zero-order chi connectivity index (χ0) is 26.3. The first-order valence-corrected chi connectivity index (χ1v) is 14.4. The third-order valence-electron chi connectivity index (χ3n) is 9.65. The van der Waals surface area contributed by atoms with Gasteiger partial charge in [-0.1, -0.05) is 13.8 Å². The molecule has 1 saturated heterocycles. The van der Waals surface area contributed by atoms with Crippen molar-refractivity contribution in [2.24, 2.45) is 17.8 Å². The van der Waals surface area contributed by atoms with E-state index in [0.29, 0.717) is 17.7 Å². The maximum atomic E-state index is 13.2. The number of nitrogens with one attached hydrogen (secondary N) is 1. The minimum atomic E-state index is -0.537. The largest absolute Gasteiger partial charge is 0.504 e. The molecule has 2 aliphatic heterocycles. The Balaban J connectivity index is 1.38. The summed E-state index contributed by atoms with van der Waals surface area (Å²) in [4.78, 5) is 16.0. The number of hydrogen-bond donors (Lipinski definition) is 2. The molecule has 204 valence electrons. The summed E-state index contributed by atoms with van der Waals surface area (Å²) in [6.07, 6.45) is 6.57. The SMILES string of the molecule is COc1cc(O)c2c3c1C[C@@H]1[C@@H]4CC[C@@H](N[C@@H](C(=O)OC(C)(C)C)C(C)C)[C@H](O2)[C@]34CCN1CC1CC1. The summed E-state index contributed by atoms with van der Waals surface area (Å²) < 4.78 is 18.4. The quantitative estimate of drug-likeness (QED) is 0.531. The number of phenolic OH excluding ortho intramolecular Hbond substituents is 1. The predicted molar refractivity (Wildman–Crippen MR) is 141 cm³/mol. The maximum absolute atomic E-state index is 13.2.